The van der Waals surface area contributed by atoms with Gasteiger partial charge in [0.1, 0.15) is 0 Å². The molecule has 4 aromatic rings. The average molecular weight is 479 g/mol. The average Bonchev–Trinajstić information content (AvgIpc) is 3.19. The number of fused-ring (bicyclic) bond motifs is 1. The predicted octanol–water partition coefficient (Wildman–Crippen LogP) is 3.78. The highest BCUT2D eigenvalue weighted by molar-refractivity contribution is 7.90. The lowest BCUT2D eigenvalue weighted by molar-refractivity contribution is -0.117. The van der Waals surface area contributed by atoms with Crippen molar-refractivity contribution in [3.8, 4) is 11.1 Å². The van der Waals surface area contributed by atoms with Crippen molar-refractivity contribution in [1.29, 1.82) is 0 Å². The number of rotatable bonds is 7. The smallest absolute Gasteiger partial charge is 0.251 e. The quantitative estimate of drug-likeness (QED) is 0.422. The molecular formula is C25H22N2O4S2. The maximum Gasteiger partial charge on any atom is 0.251 e. The molecule has 3 N–H and O–H groups in total. The van der Waals surface area contributed by atoms with Crippen LogP contribution in [0.3, 0.4) is 0 Å². The number of carbonyl (C=O) groups is 2. The molecule has 0 unspecified atom stereocenters. The summed E-state index contributed by atoms with van der Waals surface area (Å²) in [5.74, 6) is -0.960. The fourth-order valence-electron chi connectivity index (χ4n) is 3.62. The van der Waals surface area contributed by atoms with Crippen molar-refractivity contribution in [2.45, 2.75) is 11.3 Å². The van der Waals surface area contributed by atoms with Gasteiger partial charge in [-0.3, -0.25) is 9.59 Å². The number of benzene rings is 3. The maximum absolute atomic E-state index is 12.3. The molecule has 3 aromatic carbocycles. The van der Waals surface area contributed by atoms with Crippen LogP contribution in [0.25, 0.3) is 21.2 Å². The first-order valence-corrected chi connectivity index (χ1v) is 12.9. The fraction of sp³-hybridized carbons (Fsp3) is 0.120. The highest BCUT2D eigenvalue weighted by Crippen LogP contribution is 2.36. The Kier molecular flexibility index (Phi) is 6.31. The first kappa shape index (κ1) is 22.7. The van der Waals surface area contributed by atoms with Gasteiger partial charge in [0.05, 0.1) is 11.4 Å². The number of hydrogen-bond acceptors (Lipinski definition) is 5. The number of hydrogen-bond donors (Lipinski definition) is 2. The van der Waals surface area contributed by atoms with Crippen molar-refractivity contribution >= 4 is 43.1 Å². The monoisotopic (exact) mass is 478 g/mol. The van der Waals surface area contributed by atoms with E-state index in [0.717, 1.165) is 31.7 Å². The summed E-state index contributed by atoms with van der Waals surface area (Å²) in [7, 11) is -3.26. The number of sulfone groups is 1. The van der Waals surface area contributed by atoms with Gasteiger partial charge >= 0.3 is 0 Å². The van der Waals surface area contributed by atoms with E-state index in [1.54, 1.807) is 47.7 Å². The van der Waals surface area contributed by atoms with Crippen molar-refractivity contribution in [2.75, 3.05) is 12.8 Å². The van der Waals surface area contributed by atoms with Crippen molar-refractivity contribution in [3.05, 3.63) is 88.8 Å². The van der Waals surface area contributed by atoms with Gasteiger partial charge in [0.15, 0.2) is 9.84 Å². The van der Waals surface area contributed by atoms with Crippen LogP contribution in [0.15, 0.2) is 77.7 Å². The van der Waals surface area contributed by atoms with Crippen LogP contribution in [-0.2, 0) is 21.1 Å². The third kappa shape index (κ3) is 5.30. The molecule has 4 rings (SSSR count). The van der Waals surface area contributed by atoms with E-state index in [4.69, 9.17) is 5.73 Å². The van der Waals surface area contributed by atoms with Gasteiger partial charge in [0.25, 0.3) is 5.91 Å². The van der Waals surface area contributed by atoms with Crippen LogP contribution < -0.4 is 11.1 Å². The topological polar surface area (TPSA) is 106 Å². The molecule has 1 heterocycles. The second-order valence-corrected chi connectivity index (χ2v) is 10.9. The summed E-state index contributed by atoms with van der Waals surface area (Å²) in [5.41, 5.74) is 8.37. The second-order valence-electron chi connectivity index (χ2n) is 7.76. The zero-order valence-electron chi connectivity index (χ0n) is 17.9. The SMILES string of the molecule is CS(=O)(=O)c1cccc(Cc2cc3cccc(-c4cccc(C(=O)NCC(N)=O)c4)c3s2)c1. The van der Waals surface area contributed by atoms with Crippen molar-refractivity contribution in [2.24, 2.45) is 5.73 Å². The van der Waals surface area contributed by atoms with Gasteiger partial charge in [-0.1, -0.05) is 42.5 Å². The zero-order chi connectivity index (χ0) is 23.6. The molecule has 0 aliphatic rings. The van der Waals surface area contributed by atoms with Crippen molar-refractivity contribution in [1.82, 2.24) is 5.32 Å². The lowest BCUT2D eigenvalue weighted by Crippen LogP contribution is -2.33. The van der Waals surface area contributed by atoms with Crippen LogP contribution >= 0.6 is 11.3 Å². The number of nitrogens with one attached hydrogen (secondary N) is 1. The number of primary amides is 1. The van der Waals surface area contributed by atoms with Gasteiger partial charge in [-0.05, 0) is 52.4 Å². The van der Waals surface area contributed by atoms with E-state index < -0.39 is 15.7 Å². The number of nitrogens with two attached hydrogens (primary N) is 1. The molecule has 2 amide bonds. The Morgan fingerprint density at radius 2 is 1.73 bits per heavy atom. The first-order chi connectivity index (χ1) is 15.7. The standard InChI is InChI=1S/C25H22N2O4S2/c1-33(30,31)21-9-2-5-16(12-21)11-20-14-18-7-4-10-22(24(18)32-20)17-6-3-8-19(13-17)25(29)27-15-23(26)28/h2-10,12-14H,11,15H2,1H3,(H2,26,28)(H,27,29). The maximum atomic E-state index is 12.3. The van der Waals surface area contributed by atoms with Crippen LogP contribution in [0.4, 0.5) is 0 Å². The largest absolute Gasteiger partial charge is 0.368 e. The molecule has 1 aromatic heterocycles. The van der Waals surface area contributed by atoms with E-state index in [1.807, 2.05) is 30.3 Å². The molecular weight excluding hydrogens is 456 g/mol. The lowest BCUT2D eigenvalue weighted by atomic mass is 10.0. The summed E-state index contributed by atoms with van der Waals surface area (Å²) in [4.78, 5) is 24.7. The minimum atomic E-state index is -3.26. The van der Waals surface area contributed by atoms with Crippen LogP contribution in [0.5, 0.6) is 0 Å². The fourth-order valence-corrected chi connectivity index (χ4v) is 5.53. The Morgan fingerprint density at radius 1 is 0.970 bits per heavy atom. The third-order valence-electron chi connectivity index (χ3n) is 5.16. The van der Waals surface area contributed by atoms with E-state index in [-0.39, 0.29) is 12.5 Å². The van der Waals surface area contributed by atoms with Crippen molar-refractivity contribution < 1.29 is 18.0 Å². The molecule has 0 aliphatic heterocycles. The van der Waals surface area contributed by atoms with E-state index in [9.17, 15) is 18.0 Å². The summed E-state index contributed by atoms with van der Waals surface area (Å²) >= 11 is 1.64. The van der Waals surface area contributed by atoms with Gasteiger partial charge in [0.2, 0.25) is 5.91 Å². The zero-order valence-corrected chi connectivity index (χ0v) is 19.5. The molecule has 0 saturated heterocycles. The van der Waals surface area contributed by atoms with Crippen LogP contribution in [0.2, 0.25) is 0 Å². The Hall–Kier alpha value is -3.49. The Balaban J connectivity index is 1.66. The van der Waals surface area contributed by atoms with Crippen LogP contribution in [0, 0.1) is 0 Å². The van der Waals surface area contributed by atoms with Gasteiger partial charge < -0.3 is 11.1 Å². The predicted molar refractivity (Wildman–Crippen MR) is 131 cm³/mol. The molecule has 0 fully saturated rings. The summed E-state index contributed by atoms with van der Waals surface area (Å²) in [5, 5.41) is 3.59. The minimum Gasteiger partial charge on any atom is -0.368 e. The number of amides is 2. The summed E-state index contributed by atoms with van der Waals surface area (Å²) in [6.07, 6.45) is 1.83. The molecule has 0 atom stereocenters. The molecule has 6 nitrogen and oxygen atoms in total. The van der Waals surface area contributed by atoms with Crippen LogP contribution in [-0.4, -0.2) is 33.0 Å². The Labute approximate surface area is 196 Å². The molecule has 0 aliphatic carbocycles. The molecule has 33 heavy (non-hydrogen) atoms. The molecule has 168 valence electrons. The highest BCUT2D eigenvalue weighted by atomic mass is 32.2. The third-order valence-corrected chi connectivity index (χ3v) is 7.45. The van der Waals surface area contributed by atoms with Crippen LogP contribution in [0.1, 0.15) is 20.8 Å². The normalized spacial score (nSPS) is 11.4. The van der Waals surface area contributed by atoms with E-state index in [2.05, 4.69) is 11.4 Å². The summed E-state index contributed by atoms with van der Waals surface area (Å²) < 4.78 is 24.8. The number of carbonyl (C=O) groups excluding carboxylic acids is 2. The second kappa shape index (κ2) is 9.17. The van der Waals surface area contributed by atoms with Gasteiger partial charge in [0, 0.05) is 27.8 Å². The molecule has 0 bridgehead atoms. The van der Waals surface area contributed by atoms with Gasteiger partial charge in [-0.2, -0.15) is 0 Å². The van der Waals surface area contributed by atoms with E-state index in [1.165, 1.54) is 6.26 Å². The highest BCUT2D eigenvalue weighted by Gasteiger charge is 2.13. The molecule has 0 spiro atoms. The summed E-state index contributed by atoms with van der Waals surface area (Å²) in [6.45, 7) is -0.215. The van der Waals surface area contributed by atoms with E-state index in [0.29, 0.717) is 16.9 Å². The summed E-state index contributed by atoms with van der Waals surface area (Å²) in [6, 6.07) is 22.4. The first-order valence-electron chi connectivity index (χ1n) is 10.2. The molecule has 0 saturated carbocycles. The molecule has 0 radical (unpaired) electrons. The minimum absolute atomic E-state index is 0.215. The Bertz CT molecular complexity index is 1470. The van der Waals surface area contributed by atoms with E-state index >= 15 is 0 Å². The number of thiophene rings is 1. The lowest BCUT2D eigenvalue weighted by Gasteiger charge is -2.07. The Morgan fingerprint density at radius 3 is 2.48 bits per heavy atom. The van der Waals surface area contributed by atoms with Gasteiger partial charge in [-0.25, -0.2) is 8.42 Å². The molecule has 8 heteroatoms. The van der Waals surface area contributed by atoms with Crippen molar-refractivity contribution in [3.63, 3.8) is 0 Å². The van der Waals surface area contributed by atoms with Gasteiger partial charge in [-0.15, -0.1) is 11.3 Å².